The number of para-hydroxylation sites is 1. The Bertz CT molecular complexity index is 743. The van der Waals surface area contributed by atoms with Crippen LogP contribution >= 0.6 is 38.5 Å². The average molecular weight is 456 g/mol. The van der Waals surface area contributed by atoms with Gasteiger partial charge < -0.3 is 4.74 Å². The molecule has 3 aromatic rings. The number of benzene rings is 2. The molecule has 0 fully saturated rings. The average Bonchev–Trinajstić information content (AvgIpc) is 2.96. The zero-order valence-corrected chi connectivity index (χ0v) is 14.7. The van der Waals surface area contributed by atoms with Crippen LogP contribution in [0.3, 0.4) is 0 Å². The molecule has 0 aliphatic heterocycles. The molecule has 6 heteroatoms. The predicted molar refractivity (Wildman–Crippen MR) is 92.6 cm³/mol. The van der Waals surface area contributed by atoms with Crippen LogP contribution in [0.2, 0.25) is 0 Å². The molecule has 1 heterocycles. The van der Waals surface area contributed by atoms with Crippen LogP contribution in [-0.4, -0.2) is 15.0 Å². The summed E-state index contributed by atoms with van der Waals surface area (Å²) in [6.07, 6.45) is 1.87. The van der Waals surface area contributed by atoms with Gasteiger partial charge in [-0.1, -0.05) is 33.3 Å². The van der Waals surface area contributed by atoms with Gasteiger partial charge in [0.15, 0.2) is 0 Å². The zero-order chi connectivity index (χ0) is 14.7. The Hall–Kier alpha value is -1.41. The van der Waals surface area contributed by atoms with Crippen molar-refractivity contribution in [1.29, 1.82) is 0 Å². The summed E-state index contributed by atoms with van der Waals surface area (Å²) >= 11 is 5.66. The first-order valence-corrected chi connectivity index (χ1v) is 8.14. The van der Waals surface area contributed by atoms with E-state index >= 15 is 0 Å². The number of rotatable bonds is 4. The van der Waals surface area contributed by atoms with E-state index in [-0.39, 0.29) is 0 Å². The van der Waals surface area contributed by atoms with Crippen LogP contribution in [0.4, 0.5) is 0 Å². The Labute approximate surface area is 144 Å². The second-order valence-corrected chi connectivity index (χ2v) is 6.43. The highest BCUT2D eigenvalue weighted by molar-refractivity contribution is 14.1. The molecule has 0 spiro atoms. The molecular weight excluding hydrogens is 445 g/mol. The maximum absolute atomic E-state index is 5.76. The second kappa shape index (κ2) is 6.57. The molecule has 106 valence electrons. The third-order valence-corrected chi connectivity index (χ3v) is 4.26. The van der Waals surface area contributed by atoms with Gasteiger partial charge >= 0.3 is 0 Å². The van der Waals surface area contributed by atoms with Crippen LogP contribution < -0.4 is 4.74 Å². The lowest BCUT2D eigenvalue weighted by molar-refractivity contribution is 0.299. The number of hydrogen-bond donors (Lipinski definition) is 0. The SMILES string of the molecule is Brc1ccc(-n2cc(COc3ccccc3I)nn2)cc1. The van der Waals surface area contributed by atoms with Crippen LogP contribution in [0.25, 0.3) is 5.69 Å². The third kappa shape index (κ3) is 3.62. The molecule has 0 saturated carbocycles. The van der Waals surface area contributed by atoms with E-state index in [9.17, 15) is 0 Å². The van der Waals surface area contributed by atoms with E-state index in [0.717, 1.165) is 25.2 Å². The number of hydrogen-bond acceptors (Lipinski definition) is 3. The molecule has 0 unspecified atom stereocenters. The van der Waals surface area contributed by atoms with Crippen molar-refractivity contribution in [2.45, 2.75) is 6.61 Å². The molecule has 0 aliphatic rings. The summed E-state index contributed by atoms with van der Waals surface area (Å²) in [4.78, 5) is 0. The van der Waals surface area contributed by atoms with Crippen LogP contribution in [0.15, 0.2) is 59.2 Å². The van der Waals surface area contributed by atoms with E-state index < -0.39 is 0 Å². The van der Waals surface area contributed by atoms with Crippen molar-refractivity contribution in [2.75, 3.05) is 0 Å². The first kappa shape index (κ1) is 14.5. The zero-order valence-electron chi connectivity index (χ0n) is 10.9. The minimum atomic E-state index is 0.399. The summed E-state index contributed by atoms with van der Waals surface area (Å²) in [5, 5.41) is 8.25. The summed E-state index contributed by atoms with van der Waals surface area (Å²) in [6.45, 7) is 0.399. The molecule has 0 saturated heterocycles. The van der Waals surface area contributed by atoms with E-state index in [2.05, 4.69) is 48.8 Å². The van der Waals surface area contributed by atoms with Crippen LogP contribution in [0.1, 0.15) is 5.69 Å². The number of halogens is 2. The first-order valence-electron chi connectivity index (χ1n) is 6.27. The highest BCUT2D eigenvalue weighted by atomic mass is 127. The maximum Gasteiger partial charge on any atom is 0.134 e. The van der Waals surface area contributed by atoms with Crippen LogP contribution in [0, 0.1) is 3.57 Å². The Kier molecular flexibility index (Phi) is 4.54. The quantitative estimate of drug-likeness (QED) is 0.553. The smallest absolute Gasteiger partial charge is 0.134 e. The van der Waals surface area contributed by atoms with Crippen molar-refractivity contribution in [2.24, 2.45) is 0 Å². The van der Waals surface area contributed by atoms with Gasteiger partial charge in [0, 0.05) is 4.47 Å². The summed E-state index contributed by atoms with van der Waals surface area (Å²) in [7, 11) is 0. The molecule has 0 bridgehead atoms. The molecule has 0 amide bonds. The highest BCUT2D eigenvalue weighted by Crippen LogP contribution is 2.20. The fourth-order valence-electron chi connectivity index (χ4n) is 1.80. The summed E-state index contributed by atoms with van der Waals surface area (Å²) in [5.41, 5.74) is 1.75. The molecule has 0 atom stereocenters. The van der Waals surface area contributed by atoms with Gasteiger partial charge in [0.2, 0.25) is 0 Å². The Balaban J connectivity index is 1.71. The first-order chi connectivity index (χ1) is 10.2. The third-order valence-electron chi connectivity index (χ3n) is 2.84. The normalized spacial score (nSPS) is 10.6. The molecule has 2 aromatic carbocycles. The Morgan fingerprint density at radius 3 is 2.62 bits per heavy atom. The maximum atomic E-state index is 5.76. The minimum absolute atomic E-state index is 0.399. The van der Waals surface area contributed by atoms with E-state index in [1.165, 1.54) is 0 Å². The highest BCUT2D eigenvalue weighted by Gasteiger charge is 2.05. The summed E-state index contributed by atoms with van der Waals surface area (Å²) in [6, 6.07) is 15.8. The Morgan fingerprint density at radius 1 is 1.10 bits per heavy atom. The molecule has 3 rings (SSSR count). The lowest BCUT2D eigenvalue weighted by Gasteiger charge is -2.05. The fraction of sp³-hybridized carbons (Fsp3) is 0.0667. The topological polar surface area (TPSA) is 39.9 Å². The monoisotopic (exact) mass is 455 g/mol. The van der Waals surface area contributed by atoms with Gasteiger partial charge in [-0.3, -0.25) is 0 Å². The van der Waals surface area contributed by atoms with Gasteiger partial charge in [-0.15, -0.1) is 5.10 Å². The standard InChI is InChI=1S/C15H11BrIN3O/c16-11-5-7-13(8-6-11)20-9-12(18-19-20)10-21-15-4-2-1-3-14(15)17/h1-9H,10H2. The summed E-state index contributed by atoms with van der Waals surface area (Å²) in [5.74, 6) is 0.858. The molecule has 4 nitrogen and oxygen atoms in total. The van der Waals surface area contributed by atoms with Crippen molar-refractivity contribution >= 4 is 38.5 Å². The van der Waals surface area contributed by atoms with Gasteiger partial charge in [0.05, 0.1) is 15.5 Å². The van der Waals surface area contributed by atoms with Gasteiger partial charge in [0.25, 0.3) is 0 Å². The fourth-order valence-corrected chi connectivity index (χ4v) is 2.61. The second-order valence-electron chi connectivity index (χ2n) is 4.35. The Morgan fingerprint density at radius 2 is 1.86 bits per heavy atom. The molecule has 0 aliphatic carbocycles. The number of nitrogens with zero attached hydrogens (tertiary/aromatic N) is 3. The molecule has 1 aromatic heterocycles. The van der Waals surface area contributed by atoms with Gasteiger partial charge in [-0.2, -0.15) is 0 Å². The van der Waals surface area contributed by atoms with Gasteiger partial charge in [-0.25, -0.2) is 4.68 Å². The van der Waals surface area contributed by atoms with Gasteiger partial charge in [0.1, 0.15) is 18.1 Å². The molecule has 0 N–H and O–H groups in total. The minimum Gasteiger partial charge on any atom is -0.486 e. The van der Waals surface area contributed by atoms with Gasteiger partial charge in [-0.05, 0) is 59.0 Å². The lowest BCUT2D eigenvalue weighted by Crippen LogP contribution is -1.97. The molecular formula is C15H11BrIN3O. The lowest BCUT2D eigenvalue weighted by atomic mass is 10.3. The van der Waals surface area contributed by atoms with Crippen molar-refractivity contribution in [3.05, 3.63) is 68.5 Å². The largest absolute Gasteiger partial charge is 0.486 e. The van der Waals surface area contributed by atoms with Crippen LogP contribution in [0.5, 0.6) is 5.75 Å². The molecule has 21 heavy (non-hydrogen) atoms. The number of ether oxygens (including phenoxy) is 1. The van der Waals surface area contributed by atoms with Crippen LogP contribution in [-0.2, 0) is 6.61 Å². The van der Waals surface area contributed by atoms with E-state index in [1.54, 1.807) is 4.68 Å². The van der Waals surface area contributed by atoms with Crippen molar-refractivity contribution in [3.63, 3.8) is 0 Å². The van der Waals surface area contributed by atoms with E-state index in [0.29, 0.717) is 6.61 Å². The van der Waals surface area contributed by atoms with Crippen molar-refractivity contribution < 1.29 is 4.74 Å². The van der Waals surface area contributed by atoms with Crippen molar-refractivity contribution in [1.82, 2.24) is 15.0 Å². The van der Waals surface area contributed by atoms with Crippen molar-refractivity contribution in [3.8, 4) is 11.4 Å². The molecule has 0 radical (unpaired) electrons. The number of aromatic nitrogens is 3. The predicted octanol–water partition coefficient (Wildman–Crippen LogP) is 4.21. The van der Waals surface area contributed by atoms with E-state index in [4.69, 9.17) is 4.74 Å². The van der Waals surface area contributed by atoms with E-state index in [1.807, 2.05) is 54.7 Å². The summed E-state index contributed by atoms with van der Waals surface area (Å²) < 4.78 is 9.61.